The van der Waals surface area contributed by atoms with Crippen molar-refractivity contribution in [3.8, 4) is 0 Å². The van der Waals surface area contributed by atoms with Crippen molar-refractivity contribution < 1.29 is 26.4 Å². The molecule has 2 fully saturated rings. The molecule has 2 aromatic rings. The Labute approximate surface area is 172 Å². The van der Waals surface area contributed by atoms with Gasteiger partial charge in [-0.25, -0.2) is 13.2 Å². The van der Waals surface area contributed by atoms with Crippen molar-refractivity contribution in [2.75, 3.05) is 5.32 Å². The Bertz CT molecular complexity index is 1030. The van der Waals surface area contributed by atoms with Crippen LogP contribution in [-0.2, 0) is 16.0 Å². The number of carbonyl (C=O) groups excluding carboxylic acids is 1. The van der Waals surface area contributed by atoms with Gasteiger partial charge in [-0.15, -0.1) is 0 Å². The second kappa shape index (κ2) is 7.61. The minimum atomic E-state index is -4.50. The number of benzene rings is 2. The van der Waals surface area contributed by atoms with Crippen LogP contribution in [0.5, 0.6) is 0 Å². The Morgan fingerprint density at radius 1 is 0.967 bits per heavy atom. The van der Waals surface area contributed by atoms with E-state index in [1.165, 1.54) is 12.1 Å². The molecule has 2 saturated heterocycles. The molecule has 2 aromatic carbocycles. The molecule has 1 N–H and O–H groups in total. The molecule has 30 heavy (non-hydrogen) atoms. The van der Waals surface area contributed by atoms with Gasteiger partial charge in [0.05, 0.1) is 15.7 Å². The van der Waals surface area contributed by atoms with Gasteiger partial charge in [0.25, 0.3) is 0 Å². The highest BCUT2D eigenvalue weighted by molar-refractivity contribution is 7.92. The summed E-state index contributed by atoms with van der Waals surface area (Å²) >= 11 is 0. The number of urea groups is 1. The number of hydrogen-bond donors (Lipinski definition) is 1. The van der Waals surface area contributed by atoms with Crippen molar-refractivity contribution in [2.45, 2.75) is 54.1 Å². The van der Waals surface area contributed by atoms with Gasteiger partial charge in [0.2, 0.25) is 0 Å². The first-order valence-electron chi connectivity index (χ1n) is 9.72. The highest BCUT2D eigenvalue weighted by Gasteiger charge is 2.47. The SMILES string of the molecule is O=C(Nc1cccc(C(F)(F)F)c1)N1[C@@H]2CC[C@@H]1CC(S(=O)(=O)c1ccccc1)C2. The van der Waals surface area contributed by atoms with Crippen molar-refractivity contribution in [1.29, 1.82) is 0 Å². The molecule has 0 radical (unpaired) electrons. The Kier molecular flexibility index (Phi) is 5.25. The molecule has 4 rings (SSSR count). The second-order valence-corrected chi connectivity index (χ2v) is 9.98. The zero-order valence-corrected chi connectivity index (χ0v) is 16.8. The van der Waals surface area contributed by atoms with Crippen molar-refractivity contribution in [3.05, 3.63) is 60.2 Å². The fraction of sp³-hybridized carbons (Fsp3) is 0.381. The monoisotopic (exact) mass is 438 g/mol. The number of halogens is 3. The predicted molar refractivity (Wildman–Crippen MR) is 106 cm³/mol. The average molecular weight is 438 g/mol. The number of rotatable bonds is 3. The van der Waals surface area contributed by atoms with E-state index in [1.807, 2.05) is 0 Å². The van der Waals surface area contributed by atoms with Crippen LogP contribution in [-0.4, -0.2) is 36.7 Å². The van der Waals surface area contributed by atoms with Crippen molar-refractivity contribution in [1.82, 2.24) is 4.90 Å². The van der Waals surface area contributed by atoms with Gasteiger partial charge in [-0.3, -0.25) is 0 Å². The van der Waals surface area contributed by atoms with Gasteiger partial charge in [0.15, 0.2) is 9.84 Å². The van der Waals surface area contributed by atoms with Gasteiger partial charge in [0.1, 0.15) is 0 Å². The smallest absolute Gasteiger partial charge is 0.318 e. The summed E-state index contributed by atoms with van der Waals surface area (Å²) in [5, 5.41) is 1.97. The number of hydrogen-bond acceptors (Lipinski definition) is 3. The summed E-state index contributed by atoms with van der Waals surface area (Å²) in [5.74, 6) is 0. The molecule has 160 valence electrons. The standard InChI is InChI=1S/C21H21F3N2O3S/c22-21(23,24)14-5-4-6-15(11-14)25-20(27)26-16-9-10-17(26)13-19(12-16)30(28,29)18-7-2-1-3-8-18/h1-8,11,16-17,19H,9-10,12-13H2,(H,25,27)/t16-,17-/m1/s1. The minimum Gasteiger partial charge on any atom is -0.318 e. The molecule has 0 spiro atoms. The Balaban J connectivity index is 1.49. The van der Waals surface area contributed by atoms with Crippen LogP contribution in [0.4, 0.5) is 23.7 Å². The molecule has 2 atom stereocenters. The van der Waals surface area contributed by atoms with E-state index < -0.39 is 32.9 Å². The first-order valence-corrected chi connectivity index (χ1v) is 11.3. The van der Waals surface area contributed by atoms with Gasteiger partial charge in [0, 0.05) is 17.8 Å². The molecule has 0 aliphatic carbocycles. The fourth-order valence-corrected chi connectivity index (χ4v) is 6.35. The highest BCUT2D eigenvalue weighted by atomic mass is 32.2. The maximum absolute atomic E-state index is 13.0. The van der Waals surface area contributed by atoms with Crippen LogP contribution in [0.3, 0.4) is 0 Å². The number of nitrogens with one attached hydrogen (secondary N) is 1. The summed E-state index contributed by atoms with van der Waals surface area (Å²) in [5.41, 5.74) is -0.774. The molecular formula is C21H21F3N2O3S. The van der Waals surface area contributed by atoms with E-state index in [-0.39, 0.29) is 22.7 Å². The average Bonchev–Trinajstić information content (AvgIpc) is 2.97. The lowest BCUT2D eigenvalue weighted by Gasteiger charge is -2.38. The van der Waals surface area contributed by atoms with Crippen LogP contribution in [0.15, 0.2) is 59.5 Å². The zero-order valence-electron chi connectivity index (χ0n) is 16.0. The number of alkyl halides is 3. The van der Waals surface area contributed by atoms with Crippen LogP contribution < -0.4 is 5.32 Å². The topological polar surface area (TPSA) is 66.5 Å². The first-order chi connectivity index (χ1) is 14.2. The maximum atomic E-state index is 13.0. The first kappa shape index (κ1) is 20.7. The number of anilines is 1. The van der Waals surface area contributed by atoms with E-state index in [2.05, 4.69) is 5.32 Å². The number of nitrogens with zero attached hydrogens (tertiary/aromatic N) is 1. The molecule has 0 aromatic heterocycles. The summed E-state index contributed by atoms with van der Waals surface area (Å²) in [6.45, 7) is 0. The third-order valence-electron chi connectivity index (χ3n) is 5.88. The van der Waals surface area contributed by atoms with E-state index in [9.17, 15) is 26.4 Å². The molecule has 2 aliphatic rings. The highest BCUT2D eigenvalue weighted by Crippen LogP contribution is 2.40. The number of piperidine rings is 1. The Hall–Kier alpha value is -2.55. The van der Waals surface area contributed by atoms with Crippen molar-refractivity contribution >= 4 is 21.6 Å². The summed E-state index contributed by atoms with van der Waals surface area (Å²) < 4.78 is 64.7. The number of carbonyl (C=O) groups is 1. The molecule has 2 bridgehead atoms. The van der Waals surface area contributed by atoms with Gasteiger partial charge >= 0.3 is 12.2 Å². The zero-order chi connectivity index (χ0) is 21.5. The lowest BCUT2D eigenvalue weighted by Crippen LogP contribution is -2.51. The minimum absolute atomic E-state index is 0.0632. The lowest BCUT2D eigenvalue weighted by atomic mass is 10.0. The van der Waals surface area contributed by atoms with E-state index in [4.69, 9.17) is 0 Å². The lowest BCUT2D eigenvalue weighted by molar-refractivity contribution is -0.137. The summed E-state index contributed by atoms with van der Waals surface area (Å²) in [6.07, 6.45) is -2.49. The number of sulfone groups is 1. The maximum Gasteiger partial charge on any atom is 0.416 e. The molecule has 2 aliphatic heterocycles. The van der Waals surface area contributed by atoms with Crippen LogP contribution in [0, 0.1) is 0 Å². The molecular weight excluding hydrogens is 417 g/mol. The molecule has 9 heteroatoms. The quantitative estimate of drug-likeness (QED) is 0.755. The van der Waals surface area contributed by atoms with E-state index >= 15 is 0 Å². The molecule has 5 nitrogen and oxygen atoms in total. The Morgan fingerprint density at radius 3 is 2.20 bits per heavy atom. The number of amides is 2. The molecule has 0 saturated carbocycles. The fourth-order valence-electron chi connectivity index (χ4n) is 4.48. The second-order valence-electron chi connectivity index (χ2n) is 7.75. The third-order valence-corrected chi connectivity index (χ3v) is 8.07. The Morgan fingerprint density at radius 2 is 1.60 bits per heavy atom. The van der Waals surface area contributed by atoms with Crippen LogP contribution in [0.1, 0.15) is 31.2 Å². The largest absolute Gasteiger partial charge is 0.416 e. The molecule has 0 unspecified atom stereocenters. The van der Waals surface area contributed by atoms with Crippen LogP contribution >= 0.6 is 0 Å². The van der Waals surface area contributed by atoms with Gasteiger partial charge in [-0.2, -0.15) is 13.2 Å². The predicted octanol–water partition coefficient (Wildman–Crippen LogP) is 4.71. The van der Waals surface area contributed by atoms with E-state index in [1.54, 1.807) is 35.2 Å². The van der Waals surface area contributed by atoms with E-state index in [0.29, 0.717) is 25.7 Å². The summed E-state index contributed by atoms with van der Waals surface area (Å²) in [4.78, 5) is 14.7. The van der Waals surface area contributed by atoms with Gasteiger partial charge in [-0.05, 0) is 56.0 Å². The molecule has 2 heterocycles. The van der Waals surface area contributed by atoms with Gasteiger partial charge < -0.3 is 10.2 Å². The van der Waals surface area contributed by atoms with Crippen molar-refractivity contribution in [3.63, 3.8) is 0 Å². The molecule has 2 amide bonds. The van der Waals surface area contributed by atoms with Crippen LogP contribution in [0.25, 0.3) is 0 Å². The normalized spacial score (nSPS) is 24.0. The number of fused-ring (bicyclic) bond motifs is 2. The van der Waals surface area contributed by atoms with Crippen LogP contribution in [0.2, 0.25) is 0 Å². The van der Waals surface area contributed by atoms with Crippen molar-refractivity contribution in [2.24, 2.45) is 0 Å². The summed E-state index contributed by atoms with van der Waals surface area (Å²) in [7, 11) is -3.50. The van der Waals surface area contributed by atoms with E-state index in [0.717, 1.165) is 12.1 Å². The van der Waals surface area contributed by atoms with Gasteiger partial charge in [-0.1, -0.05) is 24.3 Å². The summed E-state index contributed by atoms with van der Waals surface area (Å²) in [6, 6.07) is 11.8. The third kappa shape index (κ3) is 3.90.